The molecule has 0 unspecified atom stereocenters. The van der Waals surface area contributed by atoms with Crippen molar-refractivity contribution < 1.29 is 14.0 Å². The number of hydrogen-bond acceptors (Lipinski definition) is 5. The van der Waals surface area contributed by atoms with E-state index >= 15 is 0 Å². The minimum absolute atomic E-state index is 0.0910. The summed E-state index contributed by atoms with van der Waals surface area (Å²) in [6.07, 6.45) is 4.51. The van der Waals surface area contributed by atoms with E-state index in [1.807, 2.05) is 13.8 Å². The number of rotatable bonds is 4. The number of carbonyl (C=O) groups excluding carboxylic acids is 2. The molecule has 1 aromatic heterocycles. The summed E-state index contributed by atoms with van der Waals surface area (Å²) in [4.78, 5) is 30.0. The molecule has 2 aliphatic heterocycles. The lowest BCUT2D eigenvalue weighted by molar-refractivity contribution is -0.126. The zero-order chi connectivity index (χ0) is 15.7. The smallest absolute Gasteiger partial charge is 0.322 e. The molecule has 22 heavy (non-hydrogen) atoms. The average molecular weight is 306 g/mol. The molecule has 3 heterocycles. The fourth-order valence-corrected chi connectivity index (χ4v) is 3.29. The Morgan fingerprint density at radius 2 is 2.32 bits per heavy atom. The number of piperidine rings is 1. The lowest BCUT2D eigenvalue weighted by atomic mass is 9.80. The highest BCUT2D eigenvalue weighted by Gasteiger charge is 2.48. The number of hydrogen-bond donors (Lipinski definition) is 2. The van der Waals surface area contributed by atoms with Crippen molar-refractivity contribution in [1.29, 1.82) is 0 Å². The third-order valence-electron chi connectivity index (χ3n) is 4.70. The van der Waals surface area contributed by atoms with Crippen molar-refractivity contribution in [3.05, 3.63) is 17.8 Å². The van der Waals surface area contributed by atoms with Gasteiger partial charge < -0.3 is 9.73 Å². The van der Waals surface area contributed by atoms with Crippen molar-refractivity contribution in [2.24, 2.45) is 5.92 Å². The first-order valence-electron chi connectivity index (χ1n) is 7.81. The highest BCUT2D eigenvalue weighted by molar-refractivity contribution is 6.06. The van der Waals surface area contributed by atoms with E-state index in [-0.39, 0.29) is 11.8 Å². The number of amides is 3. The van der Waals surface area contributed by atoms with Crippen molar-refractivity contribution >= 4 is 11.9 Å². The molecule has 3 rings (SSSR count). The molecule has 7 nitrogen and oxygen atoms in total. The van der Waals surface area contributed by atoms with Gasteiger partial charge in [0.25, 0.3) is 5.91 Å². The van der Waals surface area contributed by atoms with Crippen molar-refractivity contribution in [2.45, 2.75) is 45.2 Å². The summed E-state index contributed by atoms with van der Waals surface area (Å²) in [7, 11) is 0. The van der Waals surface area contributed by atoms with Gasteiger partial charge in [0, 0.05) is 18.9 Å². The molecule has 2 N–H and O–H groups in total. The number of nitrogens with one attached hydrogen (secondary N) is 2. The number of oxazole rings is 1. The molecule has 1 aromatic rings. The number of nitrogens with zero attached hydrogens (tertiary/aromatic N) is 2. The minimum atomic E-state index is -0.819. The Kier molecular flexibility index (Phi) is 3.90. The first-order valence-corrected chi connectivity index (χ1v) is 7.81. The number of aromatic nitrogens is 1. The zero-order valence-electron chi connectivity index (χ0n) is 13.0. The van der Waals surface area contributed by atoms with Gasteiger partial charge in [-0.25, -0.2) is 9.78 Å². The van der Waals surface area contributed by atoms with Crippen molar-refractivity contribution in [2.75, 3.05) is 13.1 Å². The van der Waals surface area contributed by atoms with E-state index in [2.05, 4.69) is 20.5 Å². The van der Waals surface area contributed by atoms with Crippen molar-refractivity contribution in [1.82, 2.24) is 20.5 Å². The van der Waals surface area contributed by atoms with Crippen LogP contribution in [0.25, 0.3) is 0 Å². The molecule has 0 aliphatic carbocycles. The summed E-state index contributed by atoms with van der Waals surface area (Å²) in [5, 5.41) is 5.12. The van der Waals surface area contributed by atoms with Crippen LogP contribution in [0, 0.1) is 5.92 Å². The van der Waals surface area contributed by atoms with Gasteiger partial charge in [0.2, 0.25) is 5.89 Å². The molecule has 3 amide bonds. The van der Waals surface area contributed by atoms with Crippen LogP contribution in [0.5, 0.6) is 0 Å². The number of likely N-dealkylation sites (tertiary alicyclic amines) is 1. The molecule has 120 valence electrons. The van der Waals surface area contributed by atoms with Gasteiger partial charge in [0.1, 0.15) is 11.3 Å². The van der Waals surface area contributed by atoms with E-state index in [1.165, 1.54) is 0 Å². The fraction of sp³-hybridized carbons (Fsp3) is 0.667. The average Bonchev–Trinajstić information content (AvgIpc) is 3.04. The Labute approximate surface area is 129 Å². The van der Waals surface area contributed by atoms with E-state index in [0.717, 1.165) is 38.1 Å². The maximum Gasteiger partial charge on any atom is 0.322 e. The largest absolute Gasteiger partial charge is 0.444 e. The van der Waals surface area contributed by atoms with E-state index < -0.39 is 11.6 Å². The lowest BCUT2D eigenvalue weighted by Crippen LogP contribution is -2.55. The van der Waals surface area contributed by atoms with Crippen LogP contribution in [0.1, 0.15) is 38.3 Å². The number of carbonyl (C=O) groups is 2. The summed E-state index contributed by atoms with van der Waals surface area (Å²) in [5.41, 5.74) is -0.819. The SMILES string of the molecule is CCc1cnc(CN2CCC[C@H]([C@@]3(C)NC(=O)NC3=O)C2)o1. The van der Waals surface area contributed by atoms with Crippen LogP contribution in [-0.4, -0.2) is 40.5 Å². The Morgan fingerprint density at radius 3 is 2.95 bits per heavy atom. The van der Waals surface area contributed by atoms with Gasteiger partial charge in [0.05, 0.1) is 12.7 Å². The maximum atomic E-state index is 12.1. The van der Waals surface area contributed by atoms with Crippen molar-refractivity contribution in [3.8, 4) is 0 Å². The van der Waals surface area contributed by atoms with Gasteiger partial charge in [-0.1, -0.05) is 6.92 Å². The number of urea groups is 1. The maximum absolute atomic E-state index is 12.1. The topological polar surface area (TPSA) is 87.5 Å². The molecule has 0 saturated carbocycles. The Bertz CT molecular complexity index is 585. The third kappa shape index (κ3) is 2.72. The molecule has 7 heteroatoms. The standard InChI is InChI=1S/C15H22N4O3/c1-3-11-7-16-12(22-11)9-19-6-4-5-10(8-19)15(2)13(20)17-14(21)18-15/h7,10H,3-6,8-9H2,1-2H3,(H2,17,18,20,21)/t10-,15+/m0/s1. The molecule has 0 spiro atoms. The Morgan fingerprint density at radius 1 is 1.50 bits per heavy atom. The monoisotopic (exact) mass is 306 g/mol. The van der Waals surface area contributed by atoms with Gasteiger partial charge in [-0.15, -0.1) is 0 Å². The third-order valence-corrected chi connectivity index (χ3v) is 4.70. The molecule has 2 aliphatic rings. The normalized spacial score (nSPS) is 29.5. The summed E-state index contributed by atoms with van der Waals surface area (Å²) < 4.78 is 5.66. The second-order valence-corrected chi connectivity index (χ2v) is 6.26. The van der Waals surface area contributed by atoms with Gasteiger partial charge >= 0.3 is 6.03 Å². The van der Waals surface area contributed by atoms with Crippen LogP contribution >= 0.6 is 0 Å². The summed E-state index contributed by atoms with van der Waals surface area (Å²) in [5.74, 6) is 1.46. The number of imide groups is 1. The summed E-state index contributed by atoms with van der Waals surface area (Å²) in [6, 6.07) is -0.398. The summed E-state index contributed by atoms with van der Waals surface area (Å²) >= 11 is 0. The molecule has 2 atom stereocenters. The van der Waals surface area contributed by atoms with Crippen LogP contribution in [-0.2, 0) is 17.8 Å². The quantitative estimate of drug-likeness (QED) is 0.812. The zero-order valence-corrected chi connectivity index (χ0v) is 13.0. The highest BCUT2D eigenvalue weighted by Crippen LogP contribution is 2.30. The van der Waals surface area contributed by atoms with Crippen molar-refractivity contribution in [3.63, 3.8) is 0 Å². The molecular weight excluding hydrogens is 284 g/mol. The predicted octanol–water partition coefficient (Wildman–Crippen LogP) is 1.05. The highest BCUT2D eigenvalue weighted by atomic mass is 16.4. The van der Waals surface area contributed by atoms with Crippen LogP contribution in [0.3, 0.4) is 0 Å². The first-order chi connectivity index (χ1) is 10.5. The minimum Gasteiger partial charge on any atom is -0.444 e. The molecule has 0 bridgehead atoms. The van der Waals surface area contributed by atoms with E-state index in [4.69, 9.17) is 4.42 Å². The molecular formula is C15H22N4O3. The Hall–Kier alpha value is -1.89. The second kappa shape index (κ2) is 5.72. The second-order valence-electron chi connectivity index (χ2n) is 6.26. The summed E-state index contributed by atoms with van der Waals surface area (Å²) in [6.45, 7) is 6.17. The predicted molar refractivity (Wildman–Crippen MR) is 79.0 cm³/mol. The van der Waals surface area contributed by atoms with Gasteiger partial charge in [-0.05, 0) is 26.3 Å². The van der Waals surface area contributed by atoms with Crippen LogP contribution in [0.15, 0.2) is 10.6 Å². The lowest BCUT2D eigenvalue weighted by Gasteiger charge is -2.39. The van der Waals surface area contributed by atoms with Crippen LogP contribution in [0.4, 0.5) is 4.79 Å². The number of aryl methyl sites for hydroxylation is 1. The molecule has 0 aromatic carbocycles. The molecule has 2 saturated heterocycles. The Balaban J connectivity index is 1.66. The van der Waals surface area contributed by atoms with Crippen LogP contribution in [0.2, 0.25) is 0 Å². The van der Waals surface area contributed by atoms with Gasteiger partial charge in [-0.2, -0.15) is 0 Å². The molecule has 2 fully saturated rings. The van der Waals surface area contributed by atoms with E-state index in [1.54, 1.807) is 6.20 Å². The van der Waals surface area contributed by atoms with Gasteiger partial charge in [-0.3, -0.25) is 15.0 Å². The van der Waals surface area contributed by atoms with E-state index in [0.29, 0.717) is 12.4 Å². The van der Waals surface area contributed by atoms with E-state index in [9.17, 15) is 9.59 Å². The van der Waals surface area contributed by atoms with Gasteiger partial charge in [0.15, 0.2) is 0 Å². The fourth-order valence-electron chi connectivity index (χ4n) is 3.29. The molecule has 0 radical (unpaired) electrons. The van der Waals surface area contributed by atoms with Crippen LogP contribution < -0.4 is 10.6 Å². The first kappa shape index (κ1) is 15.0.